The molecular formula is C19H32O6. The summed E-state index contributed by atoms with van der Waals surface area (Å²) in [6, 6.07) is 0. The van der Waals surface area contributed by atoms with Gasteiger partial charge in [-0.05, 0) is 34.1 Å². The van der Waals surface area contributed by atoms with Crippen LogP contribution in [0.15, 0.2) is 36.5 Å². The van der Waals surface area contributed by atoms with Gasteiger partial charge in [-0.3, -0.25) is 0 Å². The maximum absolute atomic E-state index is 10.7. The van der Waals surface area contributed by atoms with E-state index in [2.05, 4.69) is 36.1 Å². The molecule has 144 valence electrons. The van der Waals surface area contributed by atoms with Crippen molar-refractivity contribution in [3.63, 3.8) is 0 Å². The van der Waals surface area contributed by atoms with Gasteiger partial charge in [0.1, 0.15) is 0 Å². The summed E-state index contributed by atoms with van der Waals surface area (Å²) in [5, 5.41) is 0. The third kappa shape index (κ3) is 21.6. The largest absolute Gasteiger partial charge is 0.466 e. The first kappa shape index (κ1) is 27.5. The Morgan fingerprint density at radius 1 is 0.760 bits per heavy atom. The number of rotatable bonds is 7. The Hall–Kier alpha value is -2.37. The van der Waals surface area contributed by atoms with Gasteiger partial charge in [0.15, 0.2) is 0 Å². The summed E-state index contributed by atoms with van der Waals surface area (Å²) >= 11 is 0. The van der Waals surface area contributed by atoms with Crippen LogP contribution < -0.4 is 0 Å². The van der Waals surface area contributed by atoms with E-state index in [9.17, 15) is 14.4 Å². The predicted octanol–water partition coefficient (Wildman–Crippen LogP) is 3.77. The zero-order valence-corrected chi connectivity index (χ0v) is 16.4. The molecule has 0 amide bonds. The SMILES string of the molecule is C=C(C)C(=O)OC.C=C(C)C(=O)OCC.C=C(C)C(=O)OCCCC. The monoisotopic (exact) mass is 356 g/mol. The van der Waals surface area contributed by atoms with Crippen molar-refractivity contribution >= 4 is 17.9 Å². The van der Waals surface area contributed by atoms with E-state index in [0.29, 0.717) is 29.9 Å². The maximum Gasteiger partial charge on any atom is 0.333 e. The van der Waals surface area contributed by atoms with Crippen LogP contribution in [-0.4, -0.2) is 38.2 Å². The van der Waals surface area contributed by atoms with Gasteiger partial charge in [-0.15, -0.1) is 0 Å². The molecule has 0 fully saturated rings. The Labute approximate surface area is 151 Å². The Bertz CT molecular complexity index is 463. The van der Waals surface area contributed by atoms with Gasteiger partial charge in [-0.1, -0.05) is 33.1 Å². The van der Waals surface area contributed by atoms with E-state index in [-0.39, 0.29) is 17.9 Å². The first-order chi connectivity index (χ1) is 11.5. The van der Waals surface area contributed by atoms with Crippen molar-refractivity contribution in [2.75, 3.05) is 20.3 Å². The van der Waals surface area contributed by atoms with Crippen LogP contribution in [0, 0.1) is 0 Å². The van der Waals surface area contributed by atoms with E-state index < -0.39 is 0 Å². The van der Waals surface area contributed by atoms with E-state index in [1.807, 2.05) is 0 Å². The number of hydrogen-bond donors (Lipinski definition) is 0. The molecule has 0 rings (SSSR count). The highest BCUT2D eigenvalue weighted by Crippen LogP contribution is 1.94. The molecule has 0 aliphatic carbocycles. The number of esters is 3. The smallest absolute Gasteiger partial charge is 0.333 e. The zero-order valence-electron chi connectivity index (χ0n) is 16.4. The fourth-order valence-electron chi connectivity index (χ4n) is 0.861. The second-order valence-corrected chi connectivity index (χ2v) is 5.04. The molecule has 0 atom stereocenters. The molecule has 25 heavy (non-hydrogen) atoms. The van der Waals surface area contributed by atoms with Crippen molar-refractivity contribution in [2.45, 2.75) is 47.5 Å². The lowest BCUT2D eigenvalue weighted by Gasteiger charge is -2.01. The van der Waals surface area contributed by atoms with Crippen LogP contribution in [-0.2, 0) is 28.6 Å². The summed E-state index contributed by atoms with van der Waals surface area (Å²) in [5.74, 6) is -0.944. The molecule has 6 nitrogen and oxygen atoms in total. The fourth-order valence-corrected chi connectivity index (χ4v) is 0.861. The molecule has 0 heterocycles. The summed E-state index contributed by atoms with van der Waals surface area (Å²) in [5.41, 5.74) is 1.35. The van der Waals surface area contributed by atoms with Crippen LogP contribution in [0.2, 0.25) is 0 Å². The van der Waals surface area contributed by atoms with Crippen LogP contribution in [0.25, 0.3) is 0 Å². The molecule has 0 aromatic heterocycles. The molecule has 0 aliphatic rings. The van der Waals surface area contributed by atoms with Crippen molar-refractivity contribution in [1.82, 2.24) is 0 Å². The minimum atomic E-state index is -0.347. The van der Waals surface area contributed by atoms with E-state index in [1.54, 1.807) is 27.7 Å². The van der Waals surface area contributed by atoms with E-state index in [1.165, 1.54) is 7.11 Å². The number of carbonyl (C=O) groups excluding carboxylic acids is 3. The van der Waals surface area contributed by atoms with Gasteiger partial charge in [0.25, 0.3) is 0 Å². The molecule has 0 unspecified atom stereocenters. The van der Waals surface area contributed by atoms with Gasteiger partial charge in [-0.2, -0.15) is 0 Å². The number of carbonyl (C=O) groups is 3. The van der Waals surface area contributed by atoms with Crippen LogP contribution in [0.1, 0.15) is 47.5 Å². The molecule has 0 bridgehead atoms. The summed E-state index contributed by atoms with van der Waals surface area (Å²) < 4.78 is 13.6. The molecule has 0 aliphatic heterocycles. The minimum absolute atomic E-state index is 0.284. The highest BCUT2D eigenvalue weighted by Gasteiger charge is 2.00. The Morgan fingerprint density at radius 2 is 1.16 bits per heavy atom. The Morgan fingerprint density at radius 3 is 1.36 bits per heavy atom. The maximum atomic E-state index is 10.7. The highest BCUT2D eigenvalue weighted by atomic mass is 16.5. The average molecular weight is 356 g/mol. The molecule has 0 N–H and O–H groups in total. The van der Waals surface area contributed by atoms with Crippen molar-refractivity contribution in [2.24, 2.45) is 0 Å². The molecule has 0 aromatic rings. The Balaban J connectivity index is -0.000000296. The van der Waals surface area contributed by atoms with Crippen LogP contribution >= 0.6 is 0 Å². The minimum Gasteiger partial charge on any atom is -0.466 e. The van der Waals surface area contributed by atoms with Crippen molar-refractivity contribution in [3.05, 3.63) is 36.5 Å². The van der Waals surface area contributed by atoms with Gasteiger partial charge in [-0.25, -0.2) is 14.4 Å². The lowest BCUT2D eigenvalue weighted by atomic mass is 10.3. The van der Waals surface area contributed by atoms with Gasteiger partial charge in [0.05, 0.1) is 20.3 Å². The lowest BCUT2D eigenvalue weighted by molar-refractivity contribution is -0.139. The first-order valence-corrected chi connectivity index (χ1v) is 7.94. The predicted molar refractivity (Wildman–Crippen MR) is 99.0 cm³/mol. The quantitative estimate of drug-likeness (QED) is 0.299. The lowest BCUT2D eigenvalue weighted by Crippen LogP contribution is -2.05. The normalized spacial score (nSPS) is 8.40. The number of unbranched alkanes of at least 4 members (excludes halogenated alkanes) is 1. The summed E-state index contributed by atoms with van der Waals surface area (Å²) in [6.07, 6.45) is 1.97. The second-order valence-electron chi connectivity index (χ2n) is 5.04. The standard InChI is InChI=1S/C8H14O2.C6H10O2.C5H8O2/c1-4-5-6-10-8(9)7(2)3;1-4-8-6(7)5(2)3;1-4(2)5(6)7-3/h2,4-6H2,1,3H3;2,4H2,1,3H3;1H2,2-3H3. The summed E-state index contributed by atoms with van der Waals surface area (Å²) in [7, 11) is 1.33. The van der Waals surface area contributed by atoms with Gasteiger partial charge in [0.2, 0.25) is 0 Å². The molecule has 0 saturated carbocycles. The third-order valence-corrected chi connectivity index (χ3v) is 2.24. The molecule has 0 saturated heterocycles. The van der Waals surface area contributed by atoms with Crippen LogP contribution in [0.5, 0.6) is 0 Å². The van der Waals surface area contributed by atoms with E-state index >= 15 is 0 Å². The summed E-state index contributed by atoms with van der Waals surface area (Å²) in [4.78, 5) is 31.3. The average Bonchev–Trinajstić information content (AvgIpc) is 2.55. The number of hydrogen-bond acceptors (Lipinski definition) is 6. The van der Waals surface area contributed by atoms with Gasteiger partial charge >= 0.3 is 17.9 Å². The molecule has 0 radical (unpaired) electrons. The van der Waals surface area contributed by atoms with Crippen molar-refractivity contribution < 1.29 is 28.6 Å². The van der Waals surface area contributed by atoms with Crippen LogP contribution in [0.3, 0.4) is 0 Å². The topological polar surface area (TPSA) is 78.9 Å². The third-order valence-electron chi connectivity index (χ3n) is 2.24. The fraction of sp³-hybridized carbons (Fsp3) is 0.526. The summed E-state index contributed by atoms with van der Waals surface area (Å²) in [6.45, 7) is 19.8. The molecule has 0 spiro atoms. The van der Waals surface area contributed by atoms with Gasteiger partial charge in [0, 0.05) is 16.7 Å². The number of methoxy groups -OCH3 is 1. The van der Waals surface area contributed by atoms with E-state index in [4.69, 9.17) is 4.74 Å². The van der Waals surface area contributed by atoms with Crippen molar-refractivity contribution in [3.8, 4) is 0 Å². The zero-order chi connectivity index (χ0) is 20.4. The first-order valence-electron chi connectivity index (χ1n) is 7.94. The van der Waals surface area contributed by atoms with Crippen LogP contribution in [0.4, 0.5) is 0 Å². The molecule has 6 heteroatoms. The molecular weight excluding hydrogens is 324 g/mol. The number of ether oxygens (including phenoxy) is 3. The molecule has 0 aromatic carbocycles. The van der Waals surface area contributed by atoms with E-state index in [0.717, 1.165) is 12.8 Å². The second kappa shape index (κ2) is 18.0. The Kier molecular flexibility index (Phi) is 19.8. The van der Waals surface area contributed by atoms with Gasteiger partial charge < -0.3 is 14.2 Å². The van der Waals surface area contributed by atoms with Crippen molar-refractivity contribution in [1.29, 1.82) is 0 Å². The highest BCUT2D eigenvalue weighted by molar-refractivity contribution is 5.87.